The molecule has 1 aliphatic rings. The monoisotopic (exact) mass is 341 g/mol. The van der Waals surface area contributed by atoms with Crippen molar-refractivity contribution in [1.82, 2.24) is 10.2 Å². The van der Waals surface area contributed by atoms with Crippen molar-refractivity contribution in [3.05, 3.63) is 28.2 Å². The molecule has 106 valence electrons. The Morgan fingerprint density at radius 3 is 2.80 bits per heavy atom. The molecule has 1 heterocycles. The predicted octanol–water partition coefficient (Wildman–Crippen LogP) is 1.11. The maximum absolute atomic E-state index is 12.0. The molecular formula is C12H12BrN3O4. The van der Waals surface area contributed by atoms with E-state index in [0.29, 0.717) is 23.2 Å². The van der Waals surface area contributed by atoms with Gasteiger partial charge in [0.1, 0.15) is 6.54 Å². The van der Waals surface area contributed by atoms with E-state index in [0.717, 1.165) is 0 Å². The maximum Gasteiger partial charge on any atom is 0.336 e. The van der Waals surface area contributed by atoms with E-state index in [4.69, 9.17) is 5.11 Å². The number of halogens is 1. The molecule has 1 aliphatic heterocycles. The van der Waals surface area contributed by atoms with E-state index in [-0.39, 0.29) is 18.0 Å². The third-order valence-corrected chi connectivity index (χ3v) is 3.47. The van der Waals surface area contributed by atoms with Crippen LogP contribution >= 0.6 is 15.9 Å². The fraction of sp³-hybridized carbons (Fsp3) is 0.250. The minimum Gasteiger partial charge on any atom is -0.478 e. The van der Waals surface area contributed by atoms with Crippen LogP contribution in [0.5, 0.6) is 0 Å². The zero-order chi connectivity index (χ0) is 14.7. The molecule has 2 rings (SSSR count). The minimum absolute atomic E-state index is 0.00580. The van der Waals surface area contributed by atoms with Gasteiger partial charge in [-0.15, -0.1) is 0 Å². The lowest BCUT2D eigenvalue weighted by Crippen LogP contribution is -2.51. The summed E-state index contributed by atoms with van der Waals surface area (Å²) in [5, 5.41) is 14.2. The second-order valence-corrected chi connectivity index (χ2v) is 5.06. The van der Waals surface area contributed by atoms with Crippen LogP contribution in [0.1, 0.15) is 10.4 Å². The first-order valence-electron chi connectivity index (χ1n) is 5.83. The van der Waals surface area contributed by atoms with Crippen LogP contribution in [0.2, 0.25) is 0 Å². The van der Waals surface area contributed by atoms with Crippen LogP contribution in [0.3, 0.4) is 0 Å². The molecule has 0 unspecified atom stereocenters. The van der Waals surface area contributed by atoms with Crippen molar-refractivity contribution in [2.75, 3.05) is 25.0 Å². The number of nitrogens with one attached hydrogen (secondary N) is 2. The normalized spacial score (nSPS) is 14.7. The summed E-state index contributed by atoms with van der Waals surface area (Å²) in [6.45, 7) is 0.820. The van der Waals surface area contributed by atoms with Gasteiger partial charge in [0.25, 0.3) is 0 Å². The van der Waals surface area contributed by atoms with Gasteiger partial charge < -0.3 is 20.6 Å². The highest BCUT2D eigenvalue weighted by Crippen LogP contribution is 2.21. The third kappa shape index (κ3) is 3.27. The standard InChI is InChI=1S/C12H12BrN3O4/c13-9-2-1-7(5-8(9)11(18)19)15-12(20)16-4-3-14-10(17)6-16/h1-2,5H,3-4,6H2,(H,14,17)(H,15,20)(H,18,19). The van der Waals surface area contributed by atoms with E-state index < -0.39 is 12.0 Å². The number of anilines is 1. The average molecular weight is 342 g/mol. The molecule has 1 saturated heterocycles. The number of carboxylic acids is 1. The molecule has 1 fully saturated rings. The molecule has 0 saturated carbocycles. The lowest BCUT2D eigenvalue weighted by atomic mass is 10.2. The van der Waals surface area contributed by atoms with Gasteiger partial charge >= 0.3 is 12.0 Å². The highest BCUT2D eigenvalue weighted by molar-refractivity contribution is 9.10. The molecule has 0 aliphatic carbocycles. The Morgan fingerprint density at radius 1 is 1.40 bits per heavy atom. The number of hydrogen-bond acceptors (Lipinski definition) is 3. The van der Waals surface area contributed by atoms with Crippen LogP contribution in [0.25, 0.3) is 0 Å². The highest BCUT2D eigenvalue weighted by Gasteiger charge is 2.21. The van der Waals surface area contributed by atoms with E-state index in [2.05, 4.69) is 26.6 Å². The number of carboxylic acid groups (broad SMARTS) is 1. The molecular weight excluding hydrogens is 330 g/mol. The smallest absolute Gasteiger partial charge is 0.336 e. The Morgan fingerprint density at radius 2 is 2.15 bits per heavy atom. The van der Waals surface area contributed by atoms with Crippen LogP contribution in [-0.4, -0.2) is 47.5 Å². The third-order valence-electron chi connectivity index (χ3n) is 2.77. The molecule has 3 amide bonds. The summed E-state index contributed by atoms with van der Waals surface area (Å²) in [5.74, 6) is -1.31. The summed E-state index contributed by atoms with van der Waals surface area (Å²) in [5.41, 5.74) is 0.417. The highest BCUT2D eigenvalue weighted by atomic mass is 79.9. The van der Waals surface area contributed by atoms with Gasteiger partial charge in [0, 0.05) is 23.2 Å². The van der Waals surface area contributed by atoms with Crippen molar-refractivity contribution in [1.29, 1.82) is 0 Å². The topological polar surface area (TPSA) is 98.7 Å². The molecule has 0 atom stereocenters. The van der Waals surface area contributed by atoms with Crippen LogP contribution < -0.4 is 10.6 Å². The van der Waals surface area contributed by atoms with Crippen molar-refractivity contribution < 1.29 is 19.5 Å². The van der Waals surface area contributed by atoms with Crippen LogP contribution in [-0.2, 0) is 4.79 Å². The number of carbonyl (C=O) groups is 3. The average Bonchev–Trinajstić information content (AvgIpc) is 2.40. The van der Waals surface area contributed by atoms with E-state index in [1.54, 1.807) is 12.1 Å². The number of nitrogens with zero attached hydrogens (tertiary/aromatic N) is 1. The Kier molecular flexibility index (Phi) is 4.23. The summed E-state index contributed by atoms with van der Waals surface area (Å²) in [7, 11) is 0. The zero-order valence-corrected chi connectivity index (χ0v) is 11.9. The Labute approximate surface area is 123 Å². The molecule has 7 nitrogen and oxygen atoms in total. The molecule has 20 heavy (non-hydrogen) atoms. The Hall–Kier alpha value is -2.09. The number of hydrogen-bond donors (Lipinski definition) is 3. The van der Waals surface area contributed by atoms with Gasteiger partial charge in [0.05, 0.1) is 5.56 Å². The van der Waals surface area contributed by atoms with Crippen molar-refractivity contribution in [2.45, 2.75) is 0 Å². The molecule has 0 bridgehead atoms. The number of urea groups is 1. The van der Waals surface area contributed by atoms with Crippen LogP contribution in [0.15, 0.2) is 22.7 Å². The second-order valence-electron chi connectivity index (χ2n) is 4.20. The van der Waals surface area contributed by atoms with Gasteiger partial charge in [-0.2, -0.15) is 0 Å². The molecule has 0 spiro atoms. The zero-order valence-electron chi connectivity index (χ0n) is 10.4. The lowest BCUT2D eigenvalue weighted by molar-refractivity contribution is -0.123. The van der Waals surface area contributed by atoms with Crippen molar-refractivity contribution >= 4 is 39.5 Å². The van der Waals surface area contributed by atoms with Crippen molar-refractivity contribution in [3.8, 4) is 0 Å². The van der Waals surface area contributed by atoms with E-state index in [1.165, 1.54) is 11.0 Å². The van der Waals surface area contributed by atoms with Gasteiger partial charge in [-0.3, -0.25) is 4.79 Å². The number of aromatic carboxylic acids is 1. The fourth-order valence-corrected chi connectivity index (χ4v) is 2.20. The van der Waals surface area contributed by atoms with E-state index in [1.807, 2.05) is 0 Å². The van der Waals surface area contributed by atoms with Gasteiger partial charge in [-0.05, 0) is 34.1 Å². The maximum atomic E-state index is 12.0. The summed E-state index contributed by atoms with van der Waals surface area (Å²) >= 11 is 3.12. The number of piperazine rings is 1. The van der Waals surface area contributed by atoms with Gasteiger partial charge in [0.2, 0.25) is 5.91 Å². The van der Waals surface area contributed by atoms with Crippen LogP contribution in [0.4, 0.5) is 10.5 Å². The van der Waals surface area contributed by atoms with Gasteiger partial charge in [-0.25, -0.2) is 9.59 Å². The Bertz CT molecular complexity index is 576. The first-order chi connectivity index (χ1) is 9.47. The molecule has 1 aromatic rings. The lowest BCUT2D eigenvalue weighted by Gasteiger charge is -2.26. The molecule has 0 radical (unpaired) electrons. The molecule has 8 heteroatoms. The molecule has 0 aromatic heterocycles. The number of amides is 3. The SMILES string of the molecule is O=C1CN(C(=O)Nc2ccc(Br)c(C(=O)O)c2)CCN1. The number of benzene rings is 1. The first kappa shape index (κ1) is 14.3. The number of carbonyl (C=O) groups excluding carboxylic acids is 2. The summed E-state index contributed by atoms with van der Waals surface area (Å²) in [4.78, 5) is 35.5. The van der Waals surface area contributed by atoms with Crippen molar-refractivity contribution in [3.63, 3.8) is 0 Å². The first-order valence-corrected chi connectivity index (χ1v) is 6.62. The second kappa shape index (κ2) is 5.91. The molecule has 1 aromatic carbocycles. The van der Waals surface area contributed by atoms with Crippen LogP contribution in [0, 0.1) is 0 Å². The summed E-state index contributed by atoms with van der Waals surface area (Å²) in [6.07, 6.45) is 0. The quantitative estimate of drug-likeness (QED) is 0.750. The van der Waals surface area contributed by atoms with E-state index in [9.17, 15) is 14.4 Å². The summed E-state index contributed by atoms with van der Waals surface area (Å²) in [6, 6.07) is 4.05. The minimum atomic E-state index is -1.09. The van der Waals surface area contributed by atoms with Crippen molar-refractivity contribution in [2.24, 2.45) is 0 Å². The largest absolute Gasteiger partial charge is 0.478 e. The molecule has 3 N–H and O–H groups in total. The van der Waals surface area contributed by atoms with Gasteiger partial charge in [-0.1, -0.05) is 0 Å². The van der Waals surface area contributed by atoms with Gasteiger partial charge in [0.15, 0.2) is 0 Å². The Balaban J connectivity index is 2.09. The fourth-order valence-electron chi connectivity index (χ4n) is 1.78. The van der Waals surface area contributed by atoms with E-state index >= 15 is 0 Å². The number of rotatable bonds is 2. The summed E-state index contributed by atoms with van der Waals surface area (Å²) < 4.78 is 0.431. The predicted molar refractivity (Wildman–Crippen MR) is 74.7 cm³/mol.